The zero-order chi connectivity index (χ0) is 10.3. The van der Waals surface area contributed by atoms with Gasteiger partial charge in [0.05, 0.1) is 0 Å². The Balaban J connectivity index is 4.62. The molecule has 2 amide bonds. The zero-order valence-electron chi connectivity index (χ0n) is 7.81. The van der Waals surface area contributed by atoms with E-state index in [2.05, 4.69) is 9.99 Å². The summed E-state index contributed by atoms with van der Waals surface area (Å²) >= 11 is 1.17. The van der Waals surface area contributed by atoms with E-state index in [0.29, 0.717) is 6.41 Å². The number of carbonyl (C=O) groups excluding carboxylic acids is 2. The molecule has 0 unspecified atom stereocenters. The summed E-state index contributed by atoms with van der Waals surface area (Å²) in [6.07, 6.45) is 2.39. The van der Waals surface area contributed by atoms with E-state index < -0.39 is 0 Å². The molecule has 0 aromatic heterocycles. The smallest absolute Gasteiger partial charge is 0.234 e. The second kappa shape index (κ2) is 6.47. The fourth-order valence-electron chi connectivity index (χ4n) is 0.639. The molecule has 0 rings (SSSR count). The van der Waals surface area contributed by atoms with Crippen LogP contribution in [0.25, 0.3) is 0 Å². The fraction of sp³-hybridized carbons (Fsp3) is 0.571. The highest BCUT2D eigenvalue weighted by Crippen LogP contribution is 2.05. The fourth-order valence-corrected chi connectivity index (χ4v) is 1.13. The van der Waals surface area contributed by atoms with Crippen molar-refractivity contribution >= 4 is 29.2 Å². The van der Waals surface area contributed by atoms with E-state index in [4.69, 9.17) is 0 Å². The lowest BCUT2D eigenvalue weighted by Crippen LogP contribution is -2.33. The second-order valence-electron chi connectivity index (χ2n) is 1.98. The van der Waals surface area contributed by atoms with Gasteiger partial charge in [-0.25, -0.2) is 4.90 Å². The third kappa shape index (κ3) is 3.45. The summed E-state index contributed by atoms with van der Waals surface area (Å²) in [4.78, 5) is 27.1. The summed E-state index contributed by atoms with van der Waals surface area (Å²) in [5.74, 6) is -0.305. The van der Waals surface area contributed by atoms with Crippen LogP contribution < -0.4 is 0 Å². The van der Waals surface area contributed by atoms with Crippen LogP contribution in [0, 0.1) is 0 Å². The van der Waals surface area contributed by atoms with Crippen LogP contribution in [0.5, 0.6) is 0 Å². The van der Waals surface area contributed by atoms with E-state index in [1.807, 2.05) is 0 Å². The molecule has 6 heteroatoms. The molecule has 0 aromatic carbocycles. The molecule has 0 aliphatic rings. The highest BCUT2D eigenvalue weighted by molar-refractivity contribution is 8.13. The zero-order valence-corrected chi connectivity index (χ0v) is 8.63. The molecule has 0 N–H and O–H groups in total. The molecular weight excluding hydrogens is 192 g/mol. The van der Waals surface area contributed by atoms with E-state index in [1.54, 1.807) is 13.2 Å². The van der Waals surface area contributed by atoms with Gasteiger partial charge in [-0.1, -0.05) is 23.8 Å². The lowest BCUT2D eigenvalue weighted by molar-refractivity contribution is -0.133. The lowest BCUT2D eigenvalue weighted by atomic mass is 10.4. The average Bonchev–Trinajstić information content (AvgIpc) is 2.17. The van der Waals surface area contributed by atoms with Crippen LogP contribution in [0.15, 0.2) is 5.16 Å². The van der Waals surface area contributed by atoms with E-state index in [-0.39, 0.29) is 17.5 Å². The number of amides is 2. The molecule has 0 saturated carbocycles. The molecule has 0 aromatic rings. The number of hydrogen-bond acceptors (Lipinski definition) is 5. The number of hydrogen-bond donors (Lipinski definition) is 0. The van der Waals surface area contributed by atoms with Gasteiger partial charge in [-0.05, 0) is 6.26 Å². The Morgan fingerprint density at radius 3 is 2.62 bits per heavy atom. The van der Waals surface area contributed by atoms with Gasteiger partial charge in [0, 0.05) is 6.42 Å². The van der Waals surface area contributed by atoms with Crippen molar-refractivity contribution in [3.8, 4) is 0 Å². The molecule has 0 radical (unpaired) electrons. The van der Waals surface area contributed by atoms with Crippen LogP contribution in [-0.4, -0.2) is 35.8 Å². The standard InChI is InChI=1S/C7H12N2O3S/c1-4-6(11)9(5-10)7(13-3)8-12-2/h5H,4H2,1-3H3. The van der Waals surface area contributed by atoms with Crippen molar-refractivity contribution in [2.24, 2.45) is 5.16 Å². The van der Waals surface area contributed by atoms with Gasteiger partial charge in [0.1, 0.15) is 7.11 Å². The van der Waals surface area contributed by atoms with Gasteiger partial charge in [-0.2, -0.15) is 0 Å². The van der Waals surface area contributed by atoms with Crippen LogP contribution >= 0.6 is 11.8 Å². The normalized spacial score (nSPS) is 10.8. The summed E-state index contributed by atoms with van der Waals surface area (Å²) < 4.78 is 0. The van der Waals surface area contributed by atoms with E-state index in [9.17, 15) is 9.59 Å². The first-order valence-corrected chi connectivity index (χ1v) is 4.86. The van der Waals surface area contributed by atoms with Crippen LogP contribution in [0.1, 0.15) is 13.3 Å². The molecule has 0 heterocycles. The van der Waals surface area contributed by atoms with Crippen molar-refractivity contribution < 1.29 is 14.4 Å². The molecular formula is C7H12N2O3S. The monoisotopic (exact) mass is 204 g/mol. The van der Waals surface area contributed by atoms with Gasteiger partial charge >= 0.3 is 0 Å². The topological polar surface area (TPSA) is 59.0 Å². The molecule has 0 fully saturated rings. The van der Waals surface area contributed by atoms with Crippen molar-refractivity contribution in [3.05, 3.63) is 0 Å². The molecule has 0 spiro atoms. The molecule has 5 nitrogen and oxygen atoms in total. The summed E-state index contributed by atoms with van der Waals surface area (Å²) in [6, 6.07) is 0. The highest BCUT2D eigenvalue weighted by Gasteiger charge is 2.16. The third-order valence-corrected chi connectivity index (χ3v) is 1.87. The Hall–Kier alpha value is -1.04. The van der Waals surface area contributed by atoms with Crippen LogP contribution in [0.4, 0.5) is 0 Å². The lowest BCUT2D eigenvalue weighted by Gasteiger charge is -2.13. The predicted octanol–water partition coefficient (Wildman–Crippen LogP) is 0.662. The number of oxime groups is 1. The average molecular weight is 204 g/mol. The van der Waals surface area contributed by atoms with Crippen LogP contribution in [0.3, 0.4) is 0 Å². The molecule has 0 bridgehead atoms. The predicted molar refractivity (Wildman–Crippen MR) is 51.2 cm³/mol. The maximum absolute atomic E-state index is 11.2. The Bertz CT molecular complexity index is 218. The number of amidine groups is 1. The van der Waals surface area contributed by atoms with Crippen molar-refractivity contribution in [1.82, 2.24) is 4.90 Å². The minimum atomic E-state index is -0.305. The van der Waals surface area contributed by atoms with Crippen LogP contribution in [0.2, 0.25) is 0 Å². The van der Waals surface area contributed by atoms with E-state index >= 15 is 0 Å². The summed E-state index contributed by atoms with van der Waals surface area (Å²) in [5, 5.41) is 3.78. The van der Waals surface area contributed by atoms with E-state index in [0.717, 1.165) is 4.90 Å². The highest BCUT2D eigenvalue weighted by atomic mass is 32.2. The molecule has 74 valence electrons. The van der Waals surface area contributed by atoms with Crippen molar-refractivity contribution in [1.29, 1.82) is 0 Å². The SMILES string of the molecule is CCC(=O)N(C=O)C(=NOC)SC. The Kier molecular flexibility index (Phi) is 5.96. The minimum absolute atomic E-state index is 0.240. The Morgan fingerprint density at radius 1 is 1.69 bits per heavy atom. The first kappa shape index (κ1) is 12.0. The number of imide groups is 1. The van der Waals surface area contributed by atoms with Gasteiger partial charge in [0.15, 0.2) is 0 Å². The molecule has 13 heavy (non-hydrogen) atoms. The van der Waals surface area contributed by atoms with Gasteiger partial charge in [0.2, 0.25) is 17.5 Å². The van der Waals surface area contributed by atoms with Gasteiger partial charge in [-0.15, -0.1) is 0 Å². The van der Waals surface area contributed by atoms with Crippen LogP contribution in [-0.2, 0) is 14.4 Å². The molecule has 0 aliphatic carbocycles. The first-order valence-electron chi connectivity index (χ1n) is 3.63. The Morgan fingerprint density at radius 2 is 2.31 bits per heavy atom. The molecule has 0 saturated heterocycles. The largest absolute Gasteiger partial charge is 0.397 e. The minimum Gasteiger partial charge on any atom is -0.397 e. The summed E-state index contributed by atoms with van der Waals surface area (Å²) in [6.45, 7) is 1.67. The van der Waals surface area contributed by atoms with Crippen molar-refractivity contribution in [3.63, 3.8) is 0 Å². The number of thioether (sulfide) groups is 1. The second-order valence-corrected chi connectivity index (χ2v) is 2.76. The van der Waals surface area contributed by atoms with Gasteiger partial charge in [-0.3, -0.25) is 9.59 Å². The van der Waals surface area contributed by atoms with Gasteiger partial charge in [0.25, 0.3) is 0 Å². The summed E-state index contributed by atoms with van der Waals surface area (Å²) in [7, 11) is 1.36. The molecule has 0 aliphatic heterocycles. The van der Waals surface area contributed by atoms with E-state index in [1.165, 1.54) is 18.9 Å². The first-order chi connectivity index (χ1) is 6.21. The number of nitrogens with zero attached hydrogens (tertiary/aromatic N) is 2. The third-order valence-electron chi connectivity index (χ3n) is 1.23. The van der Waals surface area contributed by atoms with Crippen molar-refractivity contribution in [2.45, 2.75) is 13.3 Å². The maximum Gasteiger partial charge on any atom is 0.234 e. The number of carbonyl (C=O) groups is 2. The Labute approximate surface area is 81.1 Å². The molecule has 0 atom stereocenters. The number of rotatable bonds is 3. The maximum atomic E-state index is 11.2. The van der Waals surface area contributed by atoms with Gasteiger partial charge < -0.3 is 4.84 Å². The quantitative estimate of drug-likeness (QED) is 0.293. The summed E-state index contributed by atoms with van der Waals surface area (Å²) in [5.41, 5.74) is 0. The van der Waals surface area contributed by atoms with Crippen molar-refractivity contribution in [2.75, 3.05) is 13.4 Å².